The molecule has 43 heavy (non-hydrogen) atoms. The van der Waals surface area contributed by atoms with Gasteiger partial charge in [-0.1, -0.05) is 120 Å². The molecule has 1 N–H and O–H groups in total. The first-order valence-corrected chi connectivity index (χ1v) is 15.4. The second kappa shape index (κ2) is 19.6. The number of carboxylic acid groups (broad SMARTS) is 1. The Morgan fingerprint density at radius 1 is 0.674 bits per heavy atom. The molecule has 0 aromatic heterocycles. The second-order valence-electron chi connectivity index (χ2n) is 10.7. The number of carbonyl (C=O) groups is 2. The van der Waals surface area contributed by atoms with E-state index < -0.39 is 24.2 Å². The predicted octanol–water partition coefficient (Wildman–Crippen LogP) is 10.7. The molecule has 0 aliphatic rings. The molecule has 0 spiro atoms. The molecule has 3 rings (SSSR count). The van der Waals surface area contributed by atoms with Gasteiger partial charge in [0, 0.05) is 0 Å². The Bertz CT molecular complexity index is 1190. The van der Waals surface area contributed by atoms with E-state index >= 15 is 0 Å². The highest BCUT2D eigenvalue weighted by Crippen LogP contribution is 2.28. The molecule has 0 radical (unpaired) electrons. The number of ether oxygens (including phenoxy) is 1. The number of benzene rings is 3. The van der Waals surface area contributed by atoms with Crippen molar-refractivity contribution in [1.29, 1.82) is 0 Å². The molecule has 0 fully saturated rings. The van der Waals surface area contributed by atoms with Crippen LogP contribution in [0.25, 0.3) is 11.1 Å². The van der Waals surface area contributed by atoms with Gasteiger partial charge in [0.2, 0.25) is 0 Å². The summed E-state index contributed by atoms with van der Waals surface area (Å²) in [6.07, 6.45) is 5.11. The van der Waals surface area contributed by atoms with Crippen LogP contribution in [0.2, 0.25) is 0 Å². The smallest absolute Gasteiger partial charge is 0.425 e. The van der Waals surface area contributed by atoms with Gasteiger partial charge >= 0.3 is 18.1 Å². The molecule has 0 saturated heterocycles. The number of aromatic carboxylic acids is 1. The zero-order chi connectivity index (χ0) is 31.5. The van der Waals surface area contributed by atoms with Crippen molar-refractivity contribution in [3.05, 3.63) is 95.6 Å². The van der Waals surface area contributed by atoms with Crippen LogP contribution in [-0.4, -0.2) is 29.3 Å². The number of hydrogen-bond acceptors (Lipinski definition) is 3. The van der Waals surface area contributed by atoms with E-state index in [0.29, 0.717) is 12.8 Å². The largest absolute Gasteiger partial charge is 0.478 e. The van der Waals surface area contributed by atoms with E-state index in [9.17, 15) is 22.8 Å². The fraction of sp³-hybridized carbons (Fsp3) is 0.444. The molecule has 0 bridgehead atoms. The van der Waals surface area contributed by atoms with Crippen molar-refractivity contribution in [2.24, 2.45) is 0 Å². The normalized spacial score (nSPS) is 11.7. The molecule has 0 amide bonds. The first kappa shape index (κ1) is 35.6. The van der Waals surface area contributed by atoms with Gasteiger partial charge in [0.25, 0.3) is 0 Å². The quantitative estimate of drug-likeness (QED) is 0.132. The number of hydrogen-bond donors (Lipinski definition) is 1. The van der Waals surface area contributed by atoms with Gasteiger partial charge in [0.05, 0.1) is 11.1 Å². The Kier molecular flexibility index (Phi) is 16.2. The maximum absolute atomic E-state index is 12.9. The van der Waals surface area contributed by atoms with Crippen LogP contribution >= 0.6 is 0 Å². The second-order valence-corrected chi connectivity index (χ2v) is 10.7. The first-order chi connectivity index (χ1) is 20.7. The summed E-state index contributed by atoms with van der Waals surface area (Å²) >= 11 is 0. The Morgan fingerprint density at radius 3 is 1.74 bits per heavy atom. The van der Waals surface area contributed by atoms with Gasteiger partial charge in [-0.05, 0) is 66.6 Å². The molecular weight excluding hydrogens is 553 g/mol. The number of carboxylic acids is 1. The lowest BCUT2D eigenvalue weighted by Gasteiger charge is -2.20. The van der Waals surface area contributed by atoms with E-state index in [1.165, 1.54) is 61.6 Å². The summed E-state index contributed by atoms with van der Waals surface area (Å²) in [6.45, 7) is 4.22. The van der Waals surface area contributed by atoms with E-state index in [-0.39, 0.29) is 17.5 Å². The van der Waals surface area contributed by atoms with Crippen LogP contribution < -0.4 is 0 Å². The van der Waals surface area contributed by atoms with E-state index in [0.717, 1.165) is 37.1 Å². The topological polar surface area (TPSA) is 63.6 Å². The highest BCUT2D eigenvalue weighted by atomic mass is 19.4. The number of halogens is 3. The number of aryl methyl sites for hydroxylation is 1. The maximum atomic E-state index is 12.9. The number of carbonyl (C=O) groups excluding carboxylic acids is 1. The van der Waals surface area contributed by atoms with Gasteiger partial charge in [-0.15, -0.1) is 0 Å². The molecule has 1 atom stereocenters. The molecular formula is C36H45F3O4. The van der Waals surface area contributed by atoms with Crippen LogP contribution in [0.4, 0.5) is 13.2 Å². The summed E-state index contributed by atoms with van der Waals surface area (Å²) < 4.78 is 43.3. The Morgan fingerprint density at radius 2 is 1.19 bits per heavy atom. The molecule has 7 heteroatoms. The zero-order valence-corrected chi connectivity index (χ0v) is 25.4. The van der Waals surface area contributed by atoms with Crippen molar-refractivity contribution >= 4 is 11.9 Å². The minimum atomic E-state index is -4.62. The highest BCUT2D eigenvalue weighted by Gasteiger charge is 2.42. The van der Waals surface area contributed by atoms with E-state index in [1.807, 2.05) is 6.92 Å². The summed E-state index contributed by atoms with van der Waals surface area (Å²) in [6, 6.07) is 24.2. The van der Waals surface area contributed by atoms with Gasteiger partial charge in [-0.3, -0.25) is 0 Å². The third-order valence-corrected chi connectivity index (χ3v) is 7.18. The van der Waals surface area contributed by atoms with Crippen molar-refractivity contribution in [1.82, 2.24) is 0 Å². The standard InChI is InChI=1S/C20H26.C16H19F3O4/c1-2-3-4-5-6-8-11-18-14-16-20(17-15-18)19-12-9-7-10-13-19;1-2-3-4-5-6-13(16(17,18)19)23-15(22)12-9-7-11(8-10-12)14(20)21/h7,9-10,12-17H,2-6,8,11H2,1H3;7-10,13H,2-6H2,1H3,(H,20,21). The summed E-state index contributed by atoms with van der Waals surface area (Å²) in [7, 11) is 0. The summed E-state index contributed by atoms with van der Waals surface area (Å²) in [5, 5.41) is 8.74. The van der Waals surface area contributed by atoms with Gasteiger partial charge in [-0.25, -0.2) is 9.59 Å². The van der Waals surface area contributed by atoms with Gasteiger partial charge in [0.1, 0.15) is 0 Å². The third kappa shape index (κ3) is 13.9. The average Bonchev–Trinajstić information content (AvgIpc) is 3.01. The third-order valence-electron chi connectivity index (χ3n) is 7.18. The summed E-state index contributed by atoms with van der Waals surface area (Å²) in [5.74, 6) is -2.30. The van der Waals surface area contributed by atoms with Crippen LogP contribution in [0.3, 0.4) is 0 Å². The van der Waals surface area contributed by atoms with Crippen LogP contribution in [0, 0.1) is 0 Å². The SMILES string of the molecule is CCCCCCC(OC(=O)c1ccc(C(=O)O)cc1)C(F)(F)F.CCCCCCCCc1ccc(-c2ccccc2)cc1. The van der Waals surface area contributed by atoms with Crippen LogP contribution in [0.1, 0.15) is 111 Å². The van der Waals surface area contributed by atoms with Gasteiger partial charge in [-0.2, -0.15) is 13.2 Å². The molecule has 1 unspecified atom stereocenters. The molecule has 3 aromatic rings. The number of rotatable bonds is 16. The summed E-state index contributed by atoms with van der Waals surface area (Å²) in [4.78, 5) is 22.5. The molecule has 0 heterocycles. The van der Waals surface area contributed by atoms with Crippen LogP contribution in [-0.2, 0) is 11.2 Å². The fourth-order valence-corrected chi connectivity index (χ4v) is 4.60. The number of esters is 1. The minimum absolute atomic E-state index is 0.0616. The molecule has 234 valence electrons. The minimum Gasteiger partial charge on any atom is -0.478 e. The fourth-order valence-electron chi connectivity index (χ4n) is 4.60. The molecule has 3 aromatic carbocycles. The average molecular weight is 599 g/mol. The summed E-state index contributed by atoms with van der Waals surface area (Å²) in [5.41, 5.74) is 3.92. The van der Waals surface area contributed by atoms with Crippen molar-refractivity contribution in [3.63, 3.8) is 0 Å². The van der Waals surface area contributed by atoms with Crippen molar-refractivity contribution in [2.45, 2.75) is 103 Å². The first-order valence-electron chi connectivity index (χ1n) is 15.4. The van der Waals surface area contributed by atoms with E-state index in [1.54, 1.807) is 0 Å². The maximum Gasteiger partial charge on any atom is 0.425 e. The molecule has 0 aliphatic carbocycles. The highest BCUT2D eigenvalue weighted by molar-refractivity contribution is 5.92. The van der Waals surface area contributed by atoms with Gasteiger partial charge < -0.3 is 9.84 Å². The number of alkyl halides is 3. The molecule has 0 saturated carbocycles. The lowest BCUT2D eigenvalue weighted by Crippen LogP contribution is -2.33. The zero-order valence-electron chi connectivity index (χ0n) is 25.4. The lowest BCUT2D eigenvalue weighted by atomic mass is 10.0. The molecule has 0 aliphatic heterocycles. The van der Waals surface area contributed by atoms with Crippen LogP contribution in [0.15, 0.2) is 78.9 Å². The number of unbranched alkanes of at least 4 members (excludes halogenated alkanes) is 8. The van der Waals surface area contributed by atoms with Gasteiger partial charge in [0.15, 0.2) is 6.10 Å². The van der Waals surface area contributed by atoms with Crippen molar-refractivity contribution in [2.75, 3.05) is 0 Å². The predicted molar refractivity (Wildman–Crippen MR) is 166 cm³/mol. The Labute approximate surface area is 254 Å². The lowest BCUT2D eigenvalue weighted by molar-refractivity contribution is -0.206. The molecule has 4 nitrogen and oxygen atoms in total. The van der Waals surface area contributed by atoms with E-state index in [4.69, 9.17) is 5.11 Å². The van der Waals surface area contributed by atoms with Crippen molar-refractivity contribution in [3.8, 4) is 11.1 Å². The Balaban J connectivity index is 0.000000303. The monoisotopic (exact) mass is 598 g/mol. The Hall–Kier alpha value is -3.61. The van der Waals surface area contributed by atoms with E-state index in [2.05, 4.69) is 66.3 Å². The van der Waals surface area contributed by atoms with Crippen molar-refractivity contribution < 1.29 is 32.6 Å². The van der Waals surface area contributed by atoms with Crippen LogP contribution in [0.5, 0.6) is 0 Å².